The summed E-state index contributed by atoms with van der Waals surface area (Å²) in [6, 6.07) is 5.44. The van der Waals surface area contributed by atoms with Crippen LogP contribution in [0.15, 0.2) is 23.4 Å². The lowest BCUT2D eigenvalue weighted by atomic mass is 9.88. The van der Waals surface area contributed by atoms with Crippen LogP contribution in [-0.4, -0.2) is 31.0 Å². The van der Waals surface area contributed by atoms with Crippen molar-refractivity contribution in [2.75, 3.05) is 5.73 Å². The van der Waals surface area contributed by atoms with Crippen LogP contribution in [0.5, 0.6) is 0 Å². The fourth-order valence-corrected chi connectivity index (χ4v) is 2.83. The van der Waals surface area contributed by atoms with Crippen molar-refractivity contribution < 1.29 is 4.84 Å². The van der Waals surface area contributed by atoms with E-state index in [2.05, 4.69) is 25.7 Å². The molecule has 2 heterocycles. The summed E-state index contributed by atoms with van der Waals surface area (Å²) in [4.78, 5) is 9.72. The van der Waals surface area contributed by atoms with Gasteiger partial charge in [-0.3, -0.25) is 0 Å². The average Bonchev–Trinajstić information content (AvgIpc) is 2.98. The highest BCUT2D eigenvalue weighted by Crippen LogP contribution is 2.25. The summed E-state index contributed by atoms with van der Waals surface area (Å²) in [5, 5.41) is 16.0. The SMILES string of the molecule is Cc1nnnn1/C(=N/OCc1cccc(N)n1)C1CCCCC1. The fraction of sp³-hybridized carbons (Fsp3) is 0.533. The van der Waals surface area contributed by atoms with Gasteiger partial charge in [0.1, 0.15) is 5.82 Å². The van der Waals surface area contributed by atoms with Crippen molar-refractivity contribution >= 4 is 11.7 Å². The van der Waals surface area contributed by atoms with E-state index in [-0.39, 0.29) is 6.61 Å². The van der Waals surface area contributed by atoms with Crippen LogP contribution >= 0.6 is 0 Å². The van der Waals surface area contributed by atoms with Crippen LogP contribution in [0.2, 0.25) is 0 Å². The molecule has 1 aliphatic carbocycles. The van der Waals surface area contributed by atoms with Crippen LogP contribution in [0.4, 0.5) is 5.82 Å². The minimum Gasteiger partial charge on any atom is -0.388 e. The maximum Gasteiger partial charge on any atom is 0.176 e. The Hall–Kier alpha value is -2.51. The van der Waals surface area contributed by atoms with Crippen LogP contribution in [-0.2, 0) is 11.4 Å². The van der Waals surface area contributed by atoms with Gasteiger partial charge in [-0.05, 0) is 42.3 Å². The summed E-state index contributed by atoms with van der Waals surface area (Å²) in [6.07, 6.45) is 5.83. The Labute approximate surface area is 134 Å². The number of nitrogens with two attached hydrogens (primary N) is 1. The van der Waals surface area contributed by atoms with E-state index < -0.39 is 0 Å². The molecule has 2 aromatic heterocycles. The molecule has 0 atom stereocenters. The van der Waals surface area contributed by atoms with Gasteiger partial charge in [-0.15, -0.1) is 5.10 Å². The molecule has 2 aromatic rings. The zero-order valence-electron chi connectivity index (χ0n) is 13.2. The molecule has 3 rings (SSSR count). The Balaban J connectivity index is 1.76. The van der Waals surface area contributed by atoms with Crippen LogP contribution < -0.4 is 5.73 Å². The monoisotopic (exact) mass is 315 g/mol. The van der Waals surface area contributed by atoms with E-state index >= 15 is 0 Å². The molecule has 0 bridgehead atoms. The zero-order chi connectivity index (χ0) is 16.1. The summed E-state index contributed by atoms with van der Waals surface area (Å²) in [6.45, 7) is 2.13. The summed E-state index contributed by atoms with van der Waals surface area (Å²) < 4.78 is 1.67. The summed E-state index contributed by atoms with van der Waals surface area (Å²) in [5.41, 5.74) is 6.41. The van der Waals surface area contributed by atoms with Crippen LogP contribution in [0.3, 0.4) is 0 Å². The Morgan fingerprint density at radius 3 is 2.87 bits per heavy atom. The molecule has 1 fully saturated rings. The summed E-state index contributed by atoms with van der Waals surface area (Å²) in [7, 11) is 0. The topological polar surface area (TPSA) is 104 Å². The average molecular weight is 315 g/mol. The standard InChI is InChI=1S/C15H21N7O/c1-11-18-20-21-22(11)15(12-6-3-2-4-7-12)19-23-10-13-8-5-9-14(16)17-13/h5,8-9,12H,2-4,6-7,10H2,1H3,(H2,16,17)/b19-15+. The number of aromatic nitrogens is 5. The number of nitrogen functional groups attached to an aromatic ring is 1. The molecular formula is C15H21N7O. The Kier molecular flexibility index (Phi) is 4.80. The molecule has 23 heavy (non-hydrogen) atoms. The fourth-order valence-electron chi connectivity index (χ4n) is 2.83. The van der Waals surface area contributed by atoms with E-state index in [1.165, 1.54) is 19.3 Å². The molecule has 8 nitrogen and oxygen atoms in total. The minimum absolute atomic E-state index is 0.266. The third-order valence-corrected chi connectivity index (χ3v) is 4.01. The number of oxime groups is 1. The number of nitrogens with zero attached hydrogens (tertiary/aromatic N) is 6. The van der Waals surface area contributed by atoms with Gasteiger partial charge in [-0.1, -0.05) is 30.5 Å². The Morgan fingerprint density at radius 1 is 1.35 bits per heavy atom. The molecule has 1 saturated carbocycles. The predicted molar refractivity (Wildman–Crippen MR) is 85.4 cm³/mol. The number of aryl methyl sites for hydroxylation is 1. The van der Waals surface area contributed by atoms with Crippen molar-refractivity contribution in [1.82, 2.24) is 25.2 Å². The predicted octanol–water partition coefficient (Wildman–Crippen LogP) is 1.92. The number of tetrazole rings is 1. The lowest BCUT2D eigenvalue weighted by Gasteiger charge is -2.22. The number of pyridine rings is 1. The Bertz CT molecular complexity index is 676. The molecule has 1 aliphatic rings. The highest BCUT2D eigenvalue weighted by molar-refractivity contribution is 5.85. The first-order chi connectivity index (χ1) is 11.2. The normalized spacial score (nSPS) is 16.5. The lowest BCUT2D eigenvalue weighted by Crippen LogP contribution is -2.27. The first kappa shape index (κ1) is 15.4. The maximum absolute atomic E-state index is 5.67. The van der Waals surface area contributed by atoms with Gasteiger partial charge in [0.05, 0.1) is 5.69 Å². The highest BCUT2D eigenvalue weighted by atomic mass is 16.6. The van der Waals surface area contributed by atoms with Gasteiger partial charge in [0.15, 0.2) is 18.3 Å². The smallest absolute Gasteiger partial charge is 0.176 e. The van der Waals surface area contributed by atoms with Gasteiger partial charge in [0, 0.05) is 5.92 Å². The van der Waals surface area contributed by atoms with Crippen LogP contribution in [0.1, 0.15) is 43.6 Å². The first-order valence-corrected chi connectivity index (χ1v) is 7.90. The van der Waals surface area contributed by atoms with Gasteiger partial charge < -0.3 is 10.6 Å². The first-order valence-electron chi connectivity index (χ1n) is 7.90. The van der Waals surface area contributed by atoms with Crippen LogP contribution in [0.25, 0.3) is 0 Å². The van der Waals surface area contributed by atoms with Crippen LogP contribution in [0, 0.1) is 12.8 Å². The summed E-state index contributed by atoms with van der Waals surface area (Å²) in [5.74, 6) is 2.27. The highest BCUT2D eigenvalue weighted by Gasteiger charge is 2.24. The van der Waals surface area contributed by atoms with Gasteiger partial charge in [-0.2, -0.15) is 4.68 Å². The van der Waals surface area contributed by atoms with Crippen molar-refractivity contribution in [2.45, 2.75) is 45.6 Å². The van der Waals surface area contributed by atoms with E-state index in [1.807, 2.05) is 19.1 Å². The minimum atomic E-state index is 0.266. The molecule has 0 amide bonds. The van der Waals surface area contributed by atoms with Gasteiger partial charge in [0.25, 0.3) is 0 Å². The summed E-state index contributed by atoms with van der Waals surface area (Å²) >= 11 is 0. The third-order valence-electron chi connectivity index (χ3n) is 4.01. The van der Waals surface area contributed by atoms with Crippen molar-refractivity contribution in [3.63, 3.8) is 0 Å². The Morgan fingerprint density at radius 2 is 2.17 bits per heavy atom. The molecule has 0 radical (unpaired) electrons. The molecular weight excluding hydrogens is 294 g/mol. The maximum atomic E-state index is 5.67. The largest absolute Gasteiger partial charge is 0.388 e. The molecule has 0 spiro atoms. The van der Waals surface area contributed by atoms with E-state index in [0.29, 0.717) is 17.6 Å². The zero-order valence-corrected chi connectivity index (χ0v) is 13.2. The second-order valence-corrected chi connectivity index (χ2v) is 5.75. The quantitative estimate of drug-likeness (QED) is 0.525. The van der Waals surface area contributed by atoms with Gasteiger partial charge in [-0.25, -0.2) is 4.98 Å². The van der Waals surface area contributed by atoms with E-state index in [1.54, 1.807) is 10.7 Å². The van der Waals surface area contributed by atoms with E-state index in [0.717, 1.165) is 24.4 Å². The molecule has 8 heteroatoms. The molecule has 0 aromatic carbocycles. The number of anilines is 1. The number of rotatable bonds is 4. The van der Waals surface area contributed by atoms with Crippen molar-refractivity contribution in [3.8, 4) is 0 Å². The third kappa shape index (κ3) is 3.82. The lowest BCUT2D eigenvalue weighted by molar-refractivity contribution is 0.124. The number of hydrogen-bond donors (Lipinski definition) is 1. The number of hydrogen-bond acceptors (Lipinski definition) is 7. The second-order valence-electron chi connectivity index (χ2n) is 5.75. The second kappa shape index (κ2) is 7.17. The van der Waals surface area contributed by atoms with Crippen molar-refractivity contribution in [1.29, 1.82) is 0 Å². The van der Waals surface area contributed by atoms with E-state index in [4.69, 9.17) is 10.6 Å². The molecule has 0 saturated heterocycles. The molecule has 122 valence electrons. The van der Waals surface area contributed by atoms with Gasteiger partial charge >= 0.3 is 0 Å². The van der Waals surface area contributed by atoms with Gasteiger partial charge in [0.2, 0.25) is 0 Å². The van der Waals surface area contributed by atoms with Crippen molar-refractivity contribution in [2.24, 2.45) is 11.1 Å². The molecule has 0 aliphatic heterocycles. The van der Waals surface area contributed by atoms with Crippen molar-refractivity contribution in [3.05, 3.63) is 29.7 Å². The molecule has 2 N–H and O–H groups in total. The molecule has 0 unspecified atom stereocenters. The van der Waals surface area contributed by atoms with E-state index in [9.17, 15) is 0 Å².